The Morgan fingerprint density at radius 2 is 1.70 bits per heavy atom. The number of aryl methyl sites for hydroxylation is 1. The largest absolute Gasteiger partial charge is 0.368 e. The molecule has 5 nitrogen and oxygen atoms in total. The molecular formula is C20H23ClN2O3S. The van der Waals surface area contributed by atoms with E-state index in [-0.39, 0.29) is 21.4 Å². The third kappa shape index (κ3) is 4.12. The van der Waals surface area contributed by atoms with Gasteiger partial charge in [-0.3, -0.25) is 4.79 Å². The standard InChI is InChI=1S/C20H23ClN2O3S/c1-14-5-4-6-19(15(14)2)22-9-11-23(12-10-22)20(24)17-13-16(27(3,25)26)7-8-18(17)21/h4-8,13H,9-12H2,1-3H3. The quantitative estimate of drug-likeness (QED) is 0.784. The zero-order chi connectivity index (χ0) is 19.8. The molecule has 1 amide bonds. The number of carbonyl (C=O) groups is 1. The number of piperazine rings is 1. The number of amides is 1. The molecule has 0 aromatic heterocycles. The van der Waals surface area contributed by atoms with E-state index in [4.69, 9.17) is 11.6 Å². The van der Waals surface area contributed by atoms with Crippen LogP contribution in [-0.4, -0.2) is 51.7 Å². The fourth-order valence-corrected chi connectivity index (χ4v) is 4.14. The Bertz CT molecular complexity index is 981. The molecule has 0 spiro atoms. The molecule has 1 fully saturated rings. The molecule has 144 valence electrons. The van der Waals surface area contributed by atoms with Crippen LogP contribution in [0.5, 0.6) is 0 Å². The molecule has 0 saturated carbocycles. The summed E-state index contributed by atoms with van der Waals surface area (Å²) in [6.07, 6.45) is 1.12. The Morgan fingerprint density at radius 1 is 1.04 bits per heavy atom. The molecule has 3 rings (SSSR count). The summed E-state index contributed by atoms with van der Waals surface area (Å²) in [5.74, 6) is -0.230. The topological polar surface area (TPSA) is 57.7 Å². The molecule has 0 bridgehead atoms. The normalized spacial score (nSPS) is 15.1. The van der Waals surface area contributed by atoms with Crippen LogP contribution in [0.25, 0.3) is 0 Å². The van der Waals surface area contributed by atoms with E-state index in [1.165, 1.54) is 35.0 Å². The average molecular weight is 407 g/mol. The van der Waals surface area contributed by atoms with Gasteiger partial charge in [0.05, 0.1) is 15.5 Å². The minimum absolute atomic E-state index is 0.101. The zero-order valence-corrected chi connectivity index (χ0v) is 17.3. The van der Waals surface area contributed by atoms with Gasteiger partial charge in [-0.2, -0.15) is 0 Å². The first-order chi connectivity index (χ1) is 12.7. The minimum Gasteiger partial charge on any atom is -0.368 e. The summed E-state index contributed by atoms with van der Waals surface area (Å²) in [6.45, 7) is 6.77. The van der Waals surface area contributed by atoms with Crippen LogP contribution < -0.4 is 4.90 Å². The summed E-state index contributed by atoms with van der Waals surface area (Å²) in [6, 6.07) is 10.5. The molecule has 2 aromatic rings. The number of carbonyl (C=O) groups excluding carboxylic acids is 1. The number of benzene rings is 2. The summed E-state index contributed by atoms with van der Waals surface area (Å²) >= 11 is 6.17. The maximum Gasteiger partial charge on any atom is 0.255 e. The van der Waals surface area contributed by atoms with Crippen molar-refractivity contribution >= 4 is 33.0 Å². The van der Waals surface area contributed by atoms with Gasteiger partial charge in [-0.1, -0.05) is 23.7 Å². The van der Waals surface area contributed by atoms with Crippen LogP contribution in [0.3, 0.4) is 0 Å². The second kappa shape index (κ2) is 7.52. The molecule has 7 heteroatoms. The molecule has 27 heavy (non-hydrogen) atoms. The van der Waals surface area contributed by atoms with Gasteiger partial charge in [0.15, 0.2) is 9.84 Å². The third-order valence-electron chi connectivity index (χ3n) is 5.08. The van der Waals surface area contributed by atoms with E-state index in [0.717, 1.165) is 19.3 Å². The van der Waals surface area contributed by atoms with Crippen LogP contribution in [0.15, 0.2) is 41.3 Å². The van der Waals surface area contributed by atoms with E-state index in [1.807, 2.05) is 6.07 Å². The Morgan fingerprint density at radius 3 is 2.33 bits per heavy atom. The van der Waals surface area contributed by atoms with Crippen LogP contribution in [0.4, 0.5) is 5.69 Å². The Labute approximate surface area is 165 Å². The van der Waals surface area contributed by atoms with E-state index in [0.29, 0.717) is 13.1 Å². The van der Waals surface area contributed by atoms with Crippen LogP contribution in [-0.2, 0) is 9.84 Å². The van der Waals surface area contributed by atoms with Gasteiger partial charge in [0.1, 0.15) is 0 Å². The second-order valence-corrected chi connectivity index (χ2v) is 9.34. The van der Waals surface area contributed by atoms with Gasteiger partial charge in [0, 0.05) is 38.1 Å². The van der Waals surface area contributed by atoms with E-state index in [9.17, 15) is 13.2 Å². The van der Waals surface area contributed by atoms with Gasteiger partial charge < -0.3 is 9.80 Å². The maximum absolute atomic E-state index is 12.9. The van der Waals surface area contributed by atoms with Gasteiger partial charge in [-0.05, 0) is 49.2 Å². The Kier molecular flexibility index (Phi) is 5.49. The molecule has 1 aliphatic heterocycles. The highest BCUT2D eigenvalue weighted by molar-refractivity contribution is 7.90. The zero-order valence-electron chi connectivity index (χ0n) is 15.7. The summed E-state index contributed by atoms with van der Waals surface area (Å²) < 4.78 is 23.6. The molecule has 0 unspecified atom stereocenters. The fourth-order valence-electron chi connectivity index (χ4n) is 3.30. The highest BCUT2D eigenvalue weighted by Gasteiger charge is 2.25. The van der Waals surface area contributed by atoms with Crippen LogP contribution in [0.1, 0.15) is 21.5 Å². The monoisotopic (exact) mass is 406 g/mol. The van der Waals surface area contributed by atoms with Crippen molar-refractivity contribution in [3.05, 3.63) is 58.1 Å². The predicted molar refractivity (Wildman–Crippen MR) is 109 cm³/mol. The number of anilines is 1. The summed E-state index contributed by atoms with van der Waals surface area (Å²) in [4.78, 5) is 17.0. The molecule has 0 radical (unpaired) electrons. The molecular weight excluding hydrogens is 384 g/mol. The first-order valence-corrected chi connectivity index (χ1v) is 11.1. The van der Waals surface area contributed by atoms with Crippen molar-refractivity contribution in [1.82, 2.24) is 4.90 Å². The Hall–Kier alpha value is -2.05. The fraction of sp³-hybridized carbons (Fsp3) is 0.350. The Balaban J connectivity index is 1.77. The smallest absolute Gasteiger partial charge is 0.255 e. The van der Waals surface area contributed by atoms with Crippen molar-refractivity contribution in [2.45, 2.75) is 18.7 Å². The van der Waals surface area contributed by atoms with Gasteiger partial charge in [-0.15, -0.1) is 0 Å². The van der Waals surface area contributed by atoms with Gasteiger partial charge >= 0.3 is 0 Å². The van der Waals surface area contributed by atoms with Crippen LogP contribution in [0.2, 0.25) is 5.02 Å². The van der Waals surface area contributed by atoms with Crippen LogP contribution >= 0.6 is 11.6 Å². The lowest BCUT2D eigenvalue weighted by Gasteiger charge is -2.37. The lowest BCUT2D eigenvalue weighted by Crippen LogP contribution is -2.49. The van der Waals surface area contributed by atoms with Crippen molar-refractivity contribution in [3.63, 3.8) is 0 Å². The molecule has 1 heterocycles. The number of rotatable bonds is 3. The number of hydrogen-bond acceptors (Lipinski definition) is 4. The van der Waals surface area contributed by atoms with Crippen molar-refractivity contribution in [3.8, 4) is 0 Å². The second-order valence-electron chi connectivity index (χ2n) is 6.91. The van der Waals surface area contributed by atoms with E-state index < -0.39 is 9.84 Å². The van der Waals surface area contributed by atoms with Crippen molar-refractivity contribution < 1.29 is 13.2 Å². The molecule has 1 saturated heterocycles. The van der Waals surface area contributed by atoms with Crippen molar-refractivity contribution in [2.24, 2.45) is 0 Å². The van der Waals surface area contributed by atoms with Gasteiger partial charge in [-0.25, -0.2) is 8.42 Å². The number of hydrogen-bond donors (Lipinski definition) is 0. The average Bonchev–Trinajstić information content (AvgIpc) is 2.63. The highest BCUT2D eigenvalue weighted by atomic mass is 35.5. The maximum atomic E-state index is 12.9. The van der Waals surface area contributed by atoms with Crippen LogP contribution in [0, 0.1) is 13.8 Å². The lowest BCUT2D eigenvalue weighted by atomic mass is 10.1. The molecule has 0 atom stereocenters. The van der Waals surface area contributed by atoms with Gasteiger partial charge in [0.2, 0.25) is 0 Å². The molecule has 0 aliphatic carbocycles. The van der Waals surface area contributed by atoms with Crippen molar-refractivity contribution in [1.29, 1.82) is 0 Å². The number of sulfone groups is 1. The van der Waals surface area contributed by atoms with E-state index >= 15 is 0 Å². The predicted octanol–water partition coefficient (Wildman–Crippen LogP) is 3.32. The van der Waals surface area contributed by atoms with Crippen molar-refractivity contribution in [2.75, 3.05) is 37.3 Å². The lowest BCUT2D eigenvalue weighted by molar-refractivity contribution is 0.0746. The first kappa shape index (κ1) is 19.7. The third-order valence-corrected chi connectivity index (χ3v) is 6.52. The summed E-state index contributed by atoms with van der Waals surface area (Å²) in [7, 11) is -3.40. The van der Waals surface area contributed by atoms with E-state index in [2.05, 4.69) is 30.9 Å². The van der Waals surface area contributed by atoms with E-state index in [1.54, 1.807) is 4.90 Å². The summed E-state index contributed by atoms with van der Waals surface area (Å²) in [5, 5.41) is 0.268. The minimum atomic E-state index is -3.40. The molecule has 2 aromatic carbocycles. The van der Waals surface area contributed by atoms with Gasteiger partial charge in [0.25, 0.3) is 5.91 Å². The first-order valence-electron chi connectivity index (χ1n) is 8.78. The SMILES string of the molecule is Cc1cccc(N2CCN(C(=O)c3cc(S(C)(=O)=O)ccc3Cl)CC2)c1C. The highest BCUT2D eigenvalue weighted by Crippen LogP contribution is 2.26. The number of halogens is 1. The molecule has 0 N–H and O–H groups in total. The summed E-state index contributed by atoms with van der Waals surface area (Å²) in [5.41, 5.74) is 3.93. The molecule has 1 aliphatic rings. The number of nitrogens with zero attached hydrogens (tertiary/aromatic N) is 2.